The van der Waals surface area contributed by atoms with Crippen LogP contribution in [0, 0.1) is 11.7 Å². The van der Waals surface area contributed by atoms with E-state index >= 15 is 0 Å². The summed E-state index contributed by atoms with van der Waals surface area (Å²) < 4.78 is 40.9. The van der Waals surface area contributed by atoms with Crippen LogP contribution >= 0.6 is 0 Å². The third-order valence-electron chi connectivity index (χ3n) is 6.16. The van der Waals surface area contributed by atoms with Gasteiger partial charge in [0, 0.05) is 38.3 Å². The number of carbonyl (C=O) groups excluding carboxylic acids is 1. The number of aliphatic hydroxyl groups is 1. The predicted molar refractivity (Wildman–Crippen MR) is 141 cm³/mol. The van der Waals surface area contributed by atoms with Crippen molar-refractivity contribution >= 4 is 5.91 Å². The molecule has 0 radical (unpaired) electrons. The molecule has 0 saturated carbocycles. The van der Waals surface area contributed by atoms with Gasteiger partial charge in [-0.2, -0.15) is 0 Å². The van der Waals surface area contributed by atoms with Gasteiger partial charge in [-0.25, -0.2) is 4.39 Å². The molecule has 1 saturated heterocycles. The highest BCUT2D eigenvalue weighted by Crippen LogP contribution is 2.38. The van der Waals surface area contributed by atoms with Gasteiger partial charge in [0.25, 0.3) is 5.91 Å². The minimum Gasteiger partial charge on any atom is -0.493 e. The topological polar surface area (TPSA) is 89.9 Å². The summed E-state index contributed by atoms with van der Waals surface area (Å²) in [6, 6.07) is 9.00. The fourth-order valence-corrected chi connectivity index (χ4v) is 4.44. The lowest BCUT2D eigenvalue weighted by molar-refractivity contribution is -0.0542. The summed E-state index contributed by atoms with van der Waals surface area (Å²) in [4.78, 5) is 17.5. The van der Waals surface area contributed by atoms with Crippen LogP contribution in [0.2, 0.25) is 0 Å². The van der Waals surface area contributed by atoms with E-state index in [-0.39, 0.29) is 30.4 Å². The van der Waals surface area contributed by atoms with E-state index in [2.05, 4.69) is 18.7 Å². The van der Waals surface area contributed by atoms with Crippen LogP contribution in [0.1, 0.15) is 24.2 Å². The molecular weight excluding hydrogens is 495 g/mol. The molecule has 0 spiro atoms. The molecule has 2 aromatic carbocycles. The van der Waals surface area contributed by atoms with Crippen LogP contribution < -0.4 is 18.9 Å². The molecular formula is C28H39FN2O7. The summed E-state index contributed by atoms with van der Waals surface area (Å²) in [5, 5.41) is 10.5. The third-order valence-corrected chi connectivity index (χ3v) is 6.16. The van der Waals surface area contributed by atoms with Crippen LogP contribution in [0.15, 0.2) is 36.4 Å². The second-order valence-electron chi connectivity index (χ2n) is 9.69. The SMILES string of the molecule is COc1cc(C(=O)N(CC(C)C)C[C@@H]2CN(C[C@@H](O)COc3ccc(F)cc3)CCO2)cc(OC)c1OC. The number of morpholine rings is 1. The molecule has 0 aromatic heterocycles. The van der Waals surface area contributed by atoms with Crippen molar-refractivity contribution in [2.45, 2.75) is 26.1 Å². The molecule has 9 nitrogen and oxygen atoms in total. The number of methoxy groups -OCH3 is 3. The van der Waals surface area contributed by atoms with Crippen LogP contribution in [0.4, 0.5) is 4.39 Å². The Morgan fingerprint density at radius 3 is 2.37 bits per heavy atom. The minimum atomic E-state index is -0.730. The van der Waals surface area contributed by atoms with Gasteiger partial charge in [-0.15, -0.1) is 0 Å². The number of hydrogen-bond acceptors (Lipinski definition) is 8. The van der Waals surface area contributed by atoms with Crippen molar-refractivity contribution in [3.05, 3.63) is 47.8 Å². The van der Waals surface area contributed by atoms with Crippen LogP contribution in [0.5, 0.6) is 23.0 Å². The molecule has 1 heterocycles. The number of amides is 1. The van der Waals surface area contributed by atoms with E-state index < -0.39 is 6.10 Å². The molecule has 10 heteroatoms. The number of carbonyl (C=O) groups is 1. The van der Waals surface area contributed by atoms with Crippen LogP contribution in [-0.4, -0.2) is 100 Å². The Labute approximate surface area is 224 Å². The largest absolute Gasteiger partial charge is 0.493 e. The smallest absolute Gasteiger partial charge is 0.254 e. The van der Waals surface area contributed by atoms with Crippen molar-refractivity contribution in [1.29, 1.82) is 0 Å². The van der Waals surface area contributed by atoms with Gasteiger partial charge >= 0.3 is 0 Å². The maximum absolute atomic E-state index is 13.6. The summed E-state index contributed by atoms with van der Waals surface area (Å²) >= 11 is 0. The molecule has 0 bridgehead atoms. The molecule has 1 fully saturated rings. The Kier molecular flexibility index (Phi) is 11.0. The van der Waals surface area contributed by atoms with Crippen molar-refractivity contribution in [3.63, 3.8) is 0 Å². The lowest BCUT2D eigenvalue weighted by Crippen LogP contribution is -2.51. The first-order valence-corrected chi connectivity index (χ1v) is 12.7. The van der Waals surface area contributed by atoms with Gasteiger partial charge in [0.1, 0.15) is 24.3 Å². The van der Waals surface area contributed by atoms with Gasteiger partial charge in [0.15, 0.2) is 11.5 Å². The average molecular weight is 535 g/mol. The fraction of sp³-hybridized carbons (Fsp3) is 0.536. The number of hydrogen-bond donors (Lipinski definition) is 1. The molecule has 1 N–H and O–H groups in total. The summed E-state index contributed by atoms with van der Waals surface area (Å²) in [6.45, 7) is 7.25. The highest BCUT2D eigenvalue weighted by Gasteiger charge is 2.28. The maximum atomic E-state index is 13.6. The first-order valence-electron chi connectivity index (χ1n) is 12.7. The molecule has 3 rings (SSSR count). The maximum Gasteiger partial charge on any atom is 0.254 e. The summed E-state index contributed by atoms with van der Waals surface area (Å²) in [6.07, 6.45) is -0.954. The Balaban J connectivity index is 1.63. The van der Waals surface area contributed by atoms with E-state index in [1.807, 2.05) is 0 Å². The number of halogens is 1. The molecule has 0 aliphatic carbocycles. The van der Waals surface area contributed by atoms with Gasteiger partial charge in [-0.05, 0) is 42.3 Å². The lowest BCUT2D eigenvalue weighted by Gasteiger charge is -2.37. The van der Waals surface area contributed by atoms with E-state index in [0.717, 1.165) is 0 Å². The molecule has 2 atom stereocenters. The molecule has 210 valence electrons. The zero-order valence-corrected chi connectivity index (χ0v) is 22.8. The zero-order valence-electron chi connectivity index (χ0n) is 22.8. The van der Waals surface area contributed by atoms with Crippen LogP contribution in [-0.2, 0) is 4.74 Å². The number of benzene rings is 2. The van der Waals surface area contributed by atoms with Crippen molar-refractivity contribution < 1.29 is 38.0 Å². The average Bonchev–Trinajstić information content (AvgIpc) is 2.91. The normalized spacial score (nSPS) is 16.7. The second kappa shape index (κ2) is 14.2. The van der Waals surface area contributed by atoms with Crippen molar-refractivity contribution in [1.82, 2.24) is 9.80 Å². The summed E-state index contributed by atoms with van der Waals surface area (Å²) in [5.74, 6) is 1.49. The van der Waals surface area contributed by atoms with Gasteiger partial charge in [0.05, 0.1) is 34.0 Å². The molecule has 38 heavy (non-hydrogen) atoms. The monoisotopic (exact) mass is 534 g/mol. The van der Waals surface area contributed by atoms with Crippen LogP contribution in [0.3, 0.4) is 0 Å². The summed E-state index contributed by atoms with van der Waals surface area (Å²) in [7, 11) is 4.55. The second-order valence-corrected chi connectivity index (χ2v) is 9.69. The Bertz CT molecular complexity index is 1010. The van der Waals surface area contributed by atoms with E-state index in [9.17, 15) is 14.3 Å². The first kappa shape index (κ1) is 29.5. The highest BCUT2D eigenvalue weighted by atomic mass is 19.1. The predicted octanol–water partition coefficient (Wildman–Crippen LogP) is 3.09. The Morgan fingerprint density at radius 1 is 1.13 bits per heavy atom. The number of β-amino-alcohol motifs (C(OH)–C–C–N with tert-alkyl or cyclic N) is 1. The quantitative estimate of drug-likeness (QED) is 0.420. The Morgan fingerprint density at radius 2 is 1.79 bits per heavy atom. The fourth-order valence-electron chi connectivity index (χ4n) is 4.44. The van der Waals surface area contributed by atoms with Gasteiger partial charge in [-0.1, -0.05) is 13.8 Å². The van der Waals surface area contributed by atoms with E-state index in [1.165, 1.54) is 45.6 Å². The molecule has 1 aliphatic heterocycles. The molecule has 2 aromatic rings. The van der Waals surface area contributed by atoms with E-state index in [4.69, 9.17) is 23.7 Å². The lowest BCUT2D eigenvalue weighted by atomic mass is 10.1. The Hall–Kier alpha value is -3.08. The van der Waals surface area contributed by atoms with E-state index in [0.29, 0.717) is 67.9 Å². The van der Waals surface area contributed by atoms with Gasteiger partial charge < -0.3 is 33.7 Å². The van der Waals surface area contributed by atoms with Crippen molar-refractivity contribution in [2.75, 3.05) is 67.3 Å². The van der Waals surface area contributed by atoms with Crippen LogP contribution in [0.25, 0.3) is 0 Å². The number of nitrogens with zero attached hydrogens (tertiary/aromatic N) is 2. The zero-order chi connectivity index (χ0) is 27.7. The molecule has 1 amide bonds. The number of ether oxygens (including phenoxy) is 5. The number of rotatable bonds is 13. The highest BCUT2D eigenvalue weighted by molar-refractivity contribution is 5.95. The minimum absolute atomic E-state index is 0.0900. The van der Waals surface area contributed by atoms with Crippen molar-refractivity contribution in [2.24, 2.45) is 5.92 Å². The van der Waals surface area contributed by atoms with Gasteiger partial charge in [0.2, 0.25) is 5.75 Å². The third kappa shape index (κ3) is 8.21. The van der Waals surface area contributed by atoms with Crippen molar-refractivity contribution in [3.8, 4) is 23.0 Å². The molecule has 0 unspecified atom stereocenters. The van der Waals surface area contributed by atoms with Gasteiger partial charge in [-0.3, -0.25) is 9.69 Å². The molecule has 1 aliphatic rings. The van der Waals surface area contributed by atoms with E-state index in [1.54, 1.807) is 17.0 Å². The first-order chi connectivity index (χ1) is 18.2. The number of aliphatic hydroxyl groups excluding tert-OH is 1. The standard InChI is InChI=1S/C28H39FN2O7/c1-19(2)14-31(28(33)20-12-25(34-3)27(36-5)26(13-20)35-4)17-24-16-30(10-11-37-24)15-22(32)18-38-23-8-6-21(29)7-9-23/h6-9,12-13,19,22,24,32H,10-11,14-18H2,1-5H3/t22-,24+/m1/s1. The summed E-state index contributed by atoms with van der Waals surface area (Å²) in [5.41, 5.74) is 0.432.